The van der Waals surface area contributed by atoms with Crippen LogP contribution in [0.1, 0.15) is 16.2 Å². The molecule has 0 aliphatic rings. The third-order valence-electron chi connectivity index (χ3n) is 3.28. The highest BCUT2D eigenvalue weighted by atomic mass is 16.1. The van der Waals surface area contributed by atoms with Gasteiger partial charge in [-0.1, -0.05) is 36.4 Å². The first-order valence-electron chi connectivity index (χ1n) is 6.42. The number of carbonyl (C=O) groups excluding carboxylic acids is 1. The number of hydrogen-bond donors (Lipinski definition) is 0. The molecule has 0 fully saturated rings. The quantitative estimate of drug-likeness (QED) is 0.535. The largest absolute Gasteiger partial charge is 0.335 e. The van der Waals surface area contributed by atoms with Gasteiger partial charge in [-0.25, -0.2) is 4.98 Å². The van der Waals surface area contributed by atoms with Gasteiger partial charge in [-0.15, -0.1) is 0 Å². The summed E-state index contributed by atoms with van der Waals surface area (Å²) < 4.78 is 1.87. The third-order valence-corrected chi connectivity index (χ3v) is 3.28. The molecule has 0 atom stereocenters. The van der Waals surface area contributed by atoms with Crippen LogP contribution in [0.25, 0.3) is 16.8 Å². The minimum absolute atomic E-state index is 0.0150. The molecule has 3 nitrogen and oxygen atoms in total. The number of imidazole rings is 1. The molecule has 3 rings (SSSR count). The number of carbonyl (C=O) groups is 1. The second-order valence-electron chi connectivity index (χ2n) is 4.66. The van der Waals surface area contributed by atoms with Gasteiger partial charge in [-0.05, 0) is 29.0 Å². The first kappa shape index (κ1) is 12.4. The van der Waals surface area contributed by atoms with Crippen molar-refractivity contribution >= 4 is 22.6 Å². The molecule has 0 spiro atoms. The van der Waals surface area contributed by atoms with Crippen LogP contribution in [-0.2, 0) is 7.05 Å². The summed E-state index contributed by atoms with van der Waals surface area (Å²) in [6.45, 7) is 0. The summed E-state index contributed by atoms with van der Waals surface area (Å²) in [7, 11) is 1.90. The molecule has 98 valence electrons. The van der Waals surface area contributed by atoms with Crippen molar-refractivity contribution in [1.29, 1.82) is 0 Å². The SMILES string of the molecule is Cn1ccnc1/C=C\C(=O)c1ccc2ccccc2c1. The van der Waals surface area contributed by atoms with E-state index in [1.54, 1.807) is 18.3 Å². The summed E-state index contributed by atoms with van der Waals surface area (Å²) in [6, 6.07) is 13.7. The molecule has 2 aromatic carbocycles. The number of benzene rings is 2. The third kappa shape index (κ3) is 2.38. The van der Waals surface area contributed by atoms with Crippen LogP contribution in [0.15, 0.2) is 60.9 Å². The van der Waals surface area contributed by atoms with Gasteiger partial charge in [-0.3, -0.25) is 4.79 Å². The Morgan fingerprint density at radius 3 is 2.70 bits per heavy atom. The Bertz CT molecular complexity index is 799. The molecule has 0 aliphatic carbocycles. The van der Waals surface area contributed by atoms with Gasteiger partial charge in [-0.2, -0.15) is 0 Å². The van der Waals surface area contributed by atoms with Crippen molar-refractivity contribution in [3.8, 4) is 0 Å². The van der Waals surface area contributed by atoms with E-state index in [-0.39, 0.29) is 5.78 Å². The predicted octanol–water partition coefficient (Wildman–Crippen LogP) is 3.47. The van der Waals surface area contributed by atoms with Crippen molar-refractivity contribution in [3.63, 3.8) is 0 Å². The van der Waals surface area contributed by atoms with Crippen molar-refractivity contribution in [3.05, 3.63) is 72.3 Å². The van der Waals surface area contributed by atoms with Crippen molar-refractivity contribution in [2.45, 2.75) is 0 Å². The van der Waals surface area contributed by atoms with Crippen molar-refractivity contribution in [1.82, 2.24) is 9.55 Å². The highest BCUT2D eigenvalue weighted by molar-refractivity contribution is 6.08. The molecule has 0 aliphatic heterocycles. The number of aryl methyl sites for hydroxylation is 1. The van der Waals surface area contributed by atoms with E-state index in [0.29, 0.717) is 5.56 Å². The maximum absolute atomic E-state index is 12.2. The fourth-order valence-corrected chi connectivity index (χ4v) is 2.13. The molecule has 20 heavy (non-hydrogen) atoms. The Labute approximate surface area is 117 Å². The lowest BCUT2D eigenvalue weighted by molar-refractivity contribution is 0.104. The van der Waals surface area contributed by atoms with Gasteiger partial charge in [0, 0.05) is 25.0 Å². The number of rotatable bonds is 3. The second kappa shape index (κ2) is 5.13. The average Bonchev–Trinajstić information content (AvgIpc) is 2.89. The van der Waals surface area contributed by atoms with E-state index in [1.807, 2.05) is 60.3 Å². The molecule has 0 saturated heterocycles. The van der Waals surface area contributed by atoms with E-state index >= 15 is 0 Å². The zero-order valence-corrected chi connectivity index (χ0v) is 11.2. The Hall–Kier alpha value is -2.68. The van der Waals surface area contributed by atoms with E-state index in [2.05, 4.69) is 4.98 Å². The van der Waals surface area contributed by atoms with Gasteiger partial charge in [0.1, 0.15) is 5.82 Å². The smallest absolute Gasteiger partial charge is 0.185 e. The van der Waals surface area contributed by atoms with Crippen LogP contribution in [0, 0.1) is 0 Å². The van der Waals surface area contributed by atoms with Crippen LogP contribution in [-0.4, -0.2) is 15.3 Å². The number of hydrogen-bond acceptors (Lipinski definition) is 2. The fourth-order valence-electron chi connectivity index (χ4n) is 2.13. The van der Waals surface area contributed by atoms with Crippen LogP contribution in [0.5, 0.6) is 0 Å². The van der Waals surface area contributed by atoms with Crippen LogP contribution in [0.3, 0.4) is 0 Å². The summed E-state index contributed by atoms with van der Waals surface area (Å²) in [4.78, 5) is 16.3. The lowest BCUT2D eigenvalue weighted by Crippen LogP contribution is -1.95. The monoisotopic (exact) mass is 262 g/mol. The number of ketones is 1. The highest BCUT2D eigenvalue weighted by Gasteiger charge is 2.03. The zero-order chi connectivity index (χ0) is 13.9. The summed E-state index contributed by atoms with van der Waals surface area (Å²) in [5.74, 6) is 0.748. The molecule has 3 heteroatoms. The van der Waals surface area contributed by atoms with Crippen LogP contribution in [0.2, 0.25) is 0 Å². The maximum atomic E-state index is 12.2. The molecule has 1 heterocycles. The molecule has 3 aromatic rings. The molecule has 0 bridgehead atoms. The first-order chi connectivity index (χ1) is 9.74. The summed E-state index contributed by atoms with van der Waals surface area (Å²) in [6.07, 6.45) is 6.85. The topological polar surface area (TPSA) is 34.9 Å². The van der Waals surface area contributed by atoms with Gasteiger partial charge in [0.25, 0.3) is 0 Å². The fraction of sp³-hybridized carbons (Fsp3) is 0.0588. The Morgan fingerprint density at radius 1 is 1.15 bits per heavy atom. The molecule has 0 saturated carbocycles. The minimum atomic E-state index is -0.0150. The summed E-state index contributed by atoms with van der Waals surface area (Å²) in [5.41, 5.74) is 0.689. The maximum Gasteiger partial charge on any atom is 0.185 e. The molecule has 0 amide bonds. The number of nitrogens with zero attached hydrogens (tertiary/aromatic N) is 2. The van der Waals surface area contributed by atoms with Crippen LogP contribution >= 0.6 is 0 Å². The molecule has 1 aromatic heterocycles. The van der Waals surface area contributed by atoms with Crippen LogP contribution in [0.4, 0.5) is 0 Å². The van der Waals surface area contributed by atoms with Crippen molar-refractivity contribution in [2.75, 3.05) is 0 Å². The normalized spacial score (nSPS) is 11.2. The Kier molecular flexibility index (Phi) is 3.17. The summed E-state index contributed by atoms with van der Waals surface area (Å²) >= 11 is 0. The van der Waals surface area contributed by atoms with Gasteiger partial charge >= 0.3 is 0 Å². The number of aromatic nitrogens is 2. The first-order valence-corrected chi connectivity index (χ1v) is 6.42. The van der Waals surface area contributed by atoms with Crippen LogP contribution < -0.4 is 0 Å². The van der Waals surface area contributed by atoms with Gasteiger partial charge in [0.2, 0.25) is 0 Å². The Balaban J connectivity index is 1.89. The van der Waals surface area contributed by atoms with E-state index in [0.717, 1.165) is 16.6 Å². The van der Waals surface area contributed by atoms with Crippen molar-refractivity contribution in [2.24, 2.45) is 7.05 Å². The predicted molar refractivity (Wildman–Crippen MR) is 80.5 cm³/mol. The van der Waals surface area contributed by atoms with E-state index in [9.17, 15) is 4.79 Å². The summed E-state index contributed by atoms with van der Waals surface area (Å²) in [5, 5.41) is 2.21. The average molecular weight is 262 g/mol. The van der Waals surface area contributed by atoms with Gasteiger partial charge in [0.15, 0.2) is 5.78 Å². The molecular weight excluding hydrogens is 248 g/mol. The van der Waals surface area contributed by atoms with E-state index in [4.69, 9.17) is 0 Å². The van der Waals surface area contributed by atoms with Gasteiger partial charge < -0.3 is 4.57 Å². The molecular formula is C17H14N2O. The van der Waals surface area contributed by atoms with E-state index < -0.39 is 0 Å². The Morgan fingerprint density at radius 2 is 1.95 bits per heavy atom. The van der Waals surface area contributed by atoms with E-state index in [1.165, 1.54) is 0 Å². The number of fused-ring (bicyclic) bond motifs is 1. The zero-order valence-electron chi connectivity index (χ0n) is 11.2. The second-order valence-corrected chi connectivity index (χ2v) is 4.66. The van der Waals surface area contributed by atoms with Gasteiger partial charge in [0.05, 0.1) is 0 Å². The highest BCUT2D eigenvalue weighted by Crippen LogP contribution is 2.16. The standard InChI is InChI=1S/C17H14N2O/c1-19-11-10-18-17(19)9-8-16(20)15-7-6-13-4-2-3-5-14(13)12-15/h2-12H,1H3/b9-8-. The molecule has 0 radical (unpaired) electrons. The molecule has 0 unspecified atom stereocenters. The number of allylic oxidation sites excluding steroid dienone is 1. The minimum Gasteiger partial charge on any atom is -0.335 e. The lowest BCUT2D eigenvalue weighted by Gasteiger charge is -2.00. The molecule has 0 N–H and O–H groups in total. The van der Waals surface area contributed by atoms with Crippen molar-refractivity contribution < 1.29 is 4.79 Å². The lowest BCUT2D eigenvalue weighted by atomic mass is 10.0.